The van der Waals surface area contributed by atoms with Crippen LogP contribution in [-0.2, 0) is 0 Å². The Kier molecular flexibility index (Phi) is 3.98. The van der Waals surface area contributed by atoms with Crippen molar-refractivity contribution < 1.29 is 0 Å². The van der Waals surface area contributed by atoms with Crippen molar-refractivity contribution in [1.29, 1.82) is 0 Å². The van der Waals surface area contributed by atoms with E-state index in [0.717, 1.165) is 13.1 Å². The molecule has 1 N–H and O–H groups in total. The molecule has 0 aromatic carbocycles. The third-order valence-corrected chi connectivity index (χ3v) is 2.41. The van der Waals surface area contributed by atoms with Crippen molar-refractivity contribution in [1.82, 2.24) is 5.32 Å². The summed E-state index contributed by atoms with van der Waals surface area (Å²) in [5.74, 6) is 0. The minimum atomic E-state index is 0.421. The second-order valence-corrected chi connectivity index (χ2v) is 5.24. The number of nitrogens with one attached hydrogen (secondary N) is 1. The lowest BCUT2D eigenvalue weighted by Crippen LogP contribution is -2.27. The standard InChI is InChI=1S/C12H23N/c1-12(2,3)10-13-9-8-11-6-4-5-7-11/h6,13H,4-5,7-10H2,1-3H3. The summed E-state index contributed by atoms with van der Waals surface area (Å²) >= 11 is 0. The first-order valence-electron chi connectivity index (χ1n) is 5.46. The van der Waals surface area contributed by atoms with Crippen LogP contribution < -0.4 is 5.32 Å². The Morgan fingerprint density at radius 1 is 1.38 bits per heavy atom. The normalized spacial score (nSPS) is 17.6. The van der Waals surface area contributed by atoms with E-state index in [4.69, 9.17) is 0 Å². The Morgan fingerprint density at radius 3 is 2.69 bits per heavy atom. The summed E-state index contributed by atoms with van der Waals surface area (Å²) in [6, 6.07) is 0. The van der Waals surface area contributed by atoms with Gasteiger partial charge in [-0.2, -0.15) is 0 Å². The molecule has 0 atom stereocenters. The first kappa shape index (κ1) is 10.8. The van der Waals surface area contributed by atoms with Gasteiger partial charge >= 0.3 is 0 Å². The molecular weight excluding hydrogens is 158 g/mol. The molecule has 0 bridgehead atoms. The third-order valence-electron chi connectivity index (χ3n) is 2.41. The molecule has 0 unspecified atom stereocenters. The molecule has 76 valence electrons. The molecule has 0 amide bonds. The minimum absolute atomic E-state index is 0.421. The van der Waals surface area contributed by atoms with Gasteiger partial charge in [-0.15, -0.1) is 0 Å². The summed E-state index contributed by atoms with van der Waals surface area (Å²) in [7, 11) is 0. The van der Waals surface area contributed by atoms with E-state index in [1.165, 1.54) is 25.7 Å². The predicted octanol–water partition coefficient (Wildman–Crippen LogP) is 3.12. The van der Waals surface area contributed by atoms with Gasteiger partial charge in [0, 0.05) is 6.54 Å². The van der Waals surface area contributed by atoms with Crippen LogP contribution >= 0.6 is 0 Å². The summed E-state index contributed by atoms with van der Waals surface area (Å²) in [5, 5.41) is 3.51. The molecule has 0 aromatic heterocycles. The van der Waals surface area contributed by atoms with E-state index < -0.39 is 0 Å². The highest BCUT2D eigenvalue weighted by Gasteiger charge is 2.09. The Hall–Kier alpha value is -0.300. The predicted molar refractivity (Wildman–Crippen MR) is 58.9 cm³/mol. The molecule has 1 heteroatoms. The second kappa shape index (κ2) is 4.80. The van der Waals surface area contributed by atoms with Crippen molar-refractivity contribution in [2.75, 3.05) is 13.1 Å². The van der Waals surface area contributed by atoms with Crippen molar-refractivity contribution >= 4 is 0 Å². The largest absolute Gasteiger partial charge is 0.316 e. The van der Waals surface area contributed by atoms with Crippen LogP contribution in [0.25, 0.3) is 0 Å². The van der Waals surface area contributed by atoms with Gasteiger partial charge in [0.1, 0.15) is 0 Å². The van der Waals surface area contributed by atoms with Gasteiger partial charge in [0.2, 0.25) is 0 Å². The Morgan fingerprint density at radius 2 is 2.15 bits per heavy atom. The van der Waals surface area contributed by atoms with E-state index in [-0.39, 0.29) is 0 Å². The lowest BCUT2D eigenvalue weighted by atomic mass is 9.97. The SMILES string of the molecule is CC(C)(C)CNCCC1=CCCC1. The van der Waals surface area contributed by atoms with Crippen LogP contribution in [0.4, 0.5) is 0 Å². The smallest absolute Gasteiger partial charge is 0.000000185 e. The Balaban J connectivity index is 2.01. The summed E-state index contributed by atoms with van der Waals surface area (Å²) in [6.07, 6.45) is 7.72. The van der Waals surface area contributed by atoms with Crippen LogP contribution in [0, 0.1) is 5.41 Å². The molecule has 1 aliphatic rings. The summed E-state index contributed by atoms with van der Waals surface area (Å²) in [4.78, 5) is 0. The van der Waals surface area contributed by atoms with Crippen molar-refractivity contribution in [2.45, 2.75) is 46.5 Å². The summed E-state index contributed by atoms with van der Waals surface area (Å²) < 4.78 is 0. The number of allylic oxidation sites excluding steroid dienone is 1. The van der Waals surface area contributed by atoms with Gasteiger partial charge in [-0.25, -0.2) is 0 Å². The highest BCUT2D eigenvalue weighted by Crippen LogP contribution is 2.19. The lowest BCUT2D eigenvalue weighted by molar-refractivity contribution is 0.381. The molecule has 0 fully saturated rings. The van der Waals surface area contributed by atoms with Gasteiger partial charge in [-0.1, -0.05) is 32.4 Å². The number of hydrogen-bond donors (Lipinski definition) is 1. The van der Waals surface area contributed by atoms with Crippen LogP contribution in [0.3, 0.4) is 0 Å². The average molecular weight is 181 g/mol. The zero-order valence-electron chi connectivity index (χ0n) is 9.32. The van der Waals surface area contributed by atoms with E-state index in [0.29, 0.717) is 5.41 Å². The summed E-state index contributed by atoms with van der Waals surface area (Å²) in [5.41, 5.74) is 2.09. The fourth-order valence-electron chi connectivity index (χ4n) is 1.68. The molecule has 0 radical (unpaired) electrons. The Labute approximate surface area is 82.6 Å². The van der Waals surface area contributed by atoms with Crippen molar-refractivity contribution in [3.05, 3.63) is 11.6 Å². The molecule has 13 heavy (non-hydrogen) atoms. The molecule has 1 nitrogen and oxygen atoms in total. The molecule has 0 aromatic rings. The second-order valence-electron chi connectivity index (χ2n) is 5.24. The highest BCUT2D eigenvalue weighted by atomic mass is 14.9. The topological polar surface area (TPSA) is 12.0 Å². The van der Waals surface area contributed by atoms with Gasteiger partial charge in [0.25, 0.3) is 0 Å². The first-order valence-corrected chi connectivity index (χ1v) is 5.46. The van der Waals surface area contributed by atoms with Crippen LogP contribution in [0.15, 0.2) is 11.6 Å². The Bertz CT molecular complexity index is 174. The van der Waals surface area contributed by atoms with E-state index in [9.17, 15) is 0 Å². The number of hydrogen-bond acceptors (Lipinski definition) is 1. The van der Waals surface area contributed by atoms with Gasteiger partial charge in [0.05, 0.1) is 0 Å². The van der Waals surface area contributed by atoms with Gasteiger partial charge in [0.15, 0.2) is 0 Å². The van der Waals surface area contributed by atoms with Crippen molar-refractivity contribution in [3.63, 3.8) is 0 Å². The maximum atomic E-state index is 3.51. The van der Waals surface area contributed by atoms with Crippen LogP contribution in [0.5, 0.6) is 0 Å². The van der Waals surface area contributed by atoms with Gasteiger partial charge < -0.3 is 5.32 Å². The van der Waals surface area contributed by atoms with Crippen LogP contribution in [0.2, 0.25) is 0 Å². The molecule has 0 aliphatic heterocycles. The maximum absolute atomic E-state index is 3.51. The van der Waals surface area contributed by atoms with E-state index in [2.05, 4.69) is 32.2 Å². The molecule has 1 aliphatic carbocycles. The fraction of sp³-hybridized carbons (Fsp3) is 0.833. The lowest BCUT2D eigenvalue weighted by Gasteiger charge is -2.18. The molecule has 1 rings (SSSR count). The van der Waals surface area contributed by atoms with Crippen molar-refractivity contribution in [3.8, 4) is 0 Å². The quantitative estimate of drug-likeness (QED) is 0.519. The minimum Gasteiger partial charge on any atom is -0.316 e. The van der Waals surface area contributed by atoms with Gasteiger partial charge in [-0.3, -0.25) is 0 Å². The van der Waals surface area contributed by atoms with Crippen LogP contribution in [-0.4, -0.2) is 13.1 Å². The first-order chi connectivity index (χ1) is 6.08. The molecule has 0 saturated carbocycles. The molecular formula is C12H23N. The fourth-order valence-corrected chi connectivity index (χ4v) is 1.68. The van der Waals surface area contributed by atoms with Crippen LogP contribution in [0.1, 0.15) is 46.5 Å². The number of rotatable bonds is 4. The van der Waals surface area contributed by atoms with Gasteiger partial charge in [-0.05, 0) is 37.6 Å². The third kappa shape index (κ3) is 5.09. The van der Waals surface area contributed by atoms with E-state index in [1.807, 2.05) is 0 Å². The molecule has 0 spiro atoms. The monoisotopic (exact) mass is 181 g/mol. The zero-order valence-corrected chi connectivity index (χ0v) is 9.32. The zero-order chi connectivity index (χ0) is 9.73. The summed E-state index contributed by atoms with van der Waals surface area (Å²) in [6.45, 7) is 9.10. The van der Waals surface area contributed by atoms with Crippen molar-refractivity contribution in [2.24, 2.45) is 5.41 Å². The molecule has 0 heterocycles. The highest BCUT2D eigenvalue weighted by molar-refractivity contribution is 5.07. The van der Waals surface area contributed by atoms with E-state index in [1.54, 1.807) is 5.57 Å². The van der Waals surface area contributed by atoms with E-state index >= 15 is 0 Å². The average Bonchev–Trinajstić information content (AvgIpc) is 2.48. The maximum Gasteiger partial charge on any atom is 0.000000185 e. The molecule has 0 saturated heterocycles.